The summed E-state index contributed by atoms with van der Waals surface area (Å²) in [6.07, 6.45) is 0.925. The molecule has 1 heterocycles. The molecule has 6 nitrogen and oxygen atoms in total. The van der Waals surface area contributed by atoms with Gasteiger partial charge in [-0.1, -0.05) is 0 Å². The van der Waals surface area contributed by atoms with E-state index in [4.69, 9.17) is 10.8 Å². The first-order chi connectivity index (χ1) is 8.69. The van der Waals surface area contributed by atoms with Crippen LogP contribution in [0.5, 0.6) is 0 Å². The molecule has 1 amide bonds. The van der Waals surface area contributed by atoms with E-state index in [1.807, 2.05) is 13.8 Å². The minimum absolute atomic E-state index is 0.00388. The van der Waals surface area contributed by atoms with Crippen LogP contribution in [-0.2, 0) is 4.79 Å². The molecule has 106 valence electrons. The van der Waals surface area contributed by atoms with Gasteiger partial charge in [-0.3, -0.25) is 4.79 Å². The molecule has 0 bridgehead atoms. The van der Waals surface area contributed by atoms with Gasteiger partial charge in [-0.2, -0.15) is 0 Å². The molecule has 0 spiro atoms. The number of carboxylic acids is 1. The Hall–Kier alpha value is -1.47. The molecule has 1 unspecified atom stereocenters. The number of hydrogen-bond acceptors (Lipinski definition) is 5. The van der Waals surface area contributed by atoms with Gasteiger partial charge in [-0.25, -0.2) is 9.78 Å². The molecule has 0 aliphatic rings. The molecule has 1 atom stereocenters. The lowest BCUT2D eigenvalue weighted by atomic mass is 10.00. The SMILES string of the molecule is CC(NC(=O)CCC(C)(C)N)c1nc(C(=O)O)cs1. The van der Waals surface area contributed by atoms with Crippen LogP contribution in [0.4, 0.5) is 0 Å². The lowest BCUT2D eigenvalue weighted by molar-refractivity contribution is -0.122. The zero-order chi connectivity index (χ0) is 14.6. The fourth-order valence-corrected chi connectivity index (χ4v) is 2.20. The average Bonchev–Trinajstić information content (AvgIpc) is 2.74. The van der Waals surface area contributed by atoms with Crippen LogP contribution in [-0.4, -0.2) is 27.5 Å². The molecule has 0 aliphatic heterocycles. The van der Waals surface area contributed by atoms with Gasteiger partial charge < -0.3 is 16.2 Å². The Balaban J connectivity index is 2.51. The van der Waals surface area contributed by atoms with Crippen LogP contribution in [0.2, 0.25) is 0 Å². The van der Waals surface area contributed by atoms with E-state index in [0.717, 1.165) is 0 Å². The number of nitrogens with one attached hydrogen (secondary N) is 1. The molecule has 0 radical (unpaired) electrons. The van der Waals surface area contributed by atoms with Gasteiger partial charge in [0.2, 0.25) is 5.91 Å². The van der Waals surface area contributed by atoms with Crippen molar-refractivity contribution in [2.24, 2.45) is 5.73 Å². The van der Waals surface area contributed by atoms with Gasteiger partial charge in [-0.15, -0.1) is 11.3 Å². The Kier molecular flexibility index (Phi) is 5.02. The summed E-state index contributed by atoms with van der Waals surface area (Å²) < 4.78 is 0. The first-order valence-electron chi connectivity index (χ1n) is 5.96. The number of aromatic carboxylic acids is 1. The van der Waals surface area contributed by atoms with Crippen molar-refractivity contribution in [3.8, 4) is 0 Å². The number of aromatic nitrogens is 1. The predicted molar refractivity (Wildman–Crippen MR) is 73.1 cm³/mol. The van der Waals surface area contributed by atoms with E-state index >= 15 is 0 Å². The van der Waals surface area contributed by atoms with Gasteiger partial charge in [0.15, 0.2) is 5.69 Å². The largest absolute Gasteiger partial charge is 0.476 e. The maximum Gasteiger partial charge on any atom is 0.355 e. The second-order valence-corrected chi connectivity index (χ2v) is 6.04. The van der Waals surface area contributed by atoms with Crippen LogP contribution < -0.4 is 11.1 Å². The number of nitrogens with two attached hydrogens (primary N) is 1. The van der Waals surface area contributed by atoms with E-state index in [9.17, 15) is 9.59 Å². The van der Waals surface area contributed by atoms with Crippen LogP contribution in [0.15, 0.2) is 5.38 Å². The van der Waals surface area contributed by atoms with Crippen molar-refractivity contribution in [1.82, 2.24) is 10.3 Å². The van der Waals surface area contributed by atoms with Crippen molar-refractivity contribution < 1.29 is 14.7 Å². The number of carboxylic acid groups (broad SMARTS) is 1. The monoisotopic (exact) mass is 285 g/mol. The molecule has 4 N–H and O–H groups in total. The molecule has 7 heteroatoms. The topological polar surface area (TPSA) is 105 Å². The summed E-state index contributed by atoms with van der Waals surface area (Å²) in [5.74, 6) is -1.18. The molecular formula is C12H19N3O3S. The van der Waals surface area contributed by atoms with Crippen LogP contribution in [0.3, 0.4) is 0 Å². The third kappa shape index (κ3) is 5.35. The normalized spacial score (nSPS) is 13.1. The fraction of sp³-hybridized carbons (Fsp3) is 0.583. The number of nitrogens with zero attached hydrogens (tertiary/aromatic N) is 1. The highest BCUT2D eigenvalue weighted by Crippen LogP contribution is 2.18. The Morgan fingerprint density at radius 2 is 2.21 bits per heavy atom. The number of hydrogen-bond donors (Lipinski definition) is 3. The van der Waals surface area contributed by atoms with E-state index in [1.54, 1.807) is 6.92 Å². The van der Waals surface area contributed by atoms with E-state index < -0.39 is 5.97 Å². The summed E-state index contributed by atoms with van der Waals surface area (Å²) >= 11 is 1.22. The molecule has 0 aliphatic carbocycles. The van der Waals surface area contributed by atoms with Crippen molar-refractivity contribution in [1.29, 1.82) is 0 Å². The maximum atomic E-state index is 11.7. The zero-order valence-corrected chi connectivity index (χ0v) is 12.1. The van der Waals surface area contributed by atoms with Gasteiger partial charge in [0, 0.05) is 17.3 Å². The standard InChI is InChI=1S/C12H19N3O3S/c1-7(10-15-8(6-19-10)11(17)18)14-9(16)4-5-12(2,3)13/h6-7H,4-5,13H2,1-3H3,(H,14,16)(H,17,18). The van der Waals surface area contributed by atoms with Crippen molar-refractivity contribution in [3.63, 3.8) is 0 Å². The molecule has 0 saturated carbocycles. The molecule has 1 rings (SSSR count). The quantitative estimate of drug-likeness (QED) is 0.735. The molecule has 19 heavy (non-hydrogen) atoms. The van der Waals surface area contributed by atoms with Crippen LogP contribution in [0, 0.1) is 0 Å². The molecule has 1 aromatic rings. The summed E-state index contributed by atoms with van der Waals surface area (Å²) in [5.41, 5.74) is 5.43. The van der Waals surface area contributed by atoms with E-state index in [0.29, 0.717) is 17.8 Å². The average molecular weight is 285 g/mol. The second-order valence-electron chi connectivity index (χ2n) is 5.15. The third-order valence-electron chi connectivity index (χ3n) is 2.49. The zero-order valence-electron chi connectivity index (χ0n) is 11.3. The Labute approximate surface area is 116 Å². The van der Waals surface area contributed by atoms with Crippen molar-refractivity contribution >= 4 is 23.2 Å². The summed E-state index contributed by atoms with van der Waals surface area (Å²) in [7, 11) is 0. The van der Waals surface area contributed by atoms with Crippen molar-refractivity contribution in [3.05, 3.63) is 16.1 Å². The summed E-state index contributed by atoms with van der Waals surface area (Å²) in [5, 5.41) is 13.6. The van der Waals surface area contributed by atoms with Gasteiger partial charge in [0.25, 0.3) is 0 Å². The first-order valence-corrected chi connectivity index (χ1v) is 6.84. The third-order valence-corrected chi connectivity index (χ3v) is 3.51. The highest BCUT2D eigenvalue weighted by atomic mass is 32.1. The minimum Gasteiger partial charge on any atom is -0.476 e. The van der Waals surface area contributed by atoms with Crippen LogP contribution in [0.1, 0.15) is 55.2 Å². The smallest absolute Gasteiger partial charge is 0.355 e. The van der Waals surface area contributed by atoms with Crippen LogP contribution in [0.25, 0.3) is 0 Å². The van der Waals surface area contributed by atoms with Gasteiger partial charge in [0.1, 0.15) is 5.01 Å². The van der Waals surface area contributed by atoms with Crippen LogP contribution >= 0.6 is 11.3 Å². The lowest BCUT2D eigenvalue weighted by Gasteiger charge is -2.18. The Morgan fingerprint density at radius 1 is 1.58 bits per heavy atom. The van der Waals surface area contributed by atoms with Gasteiger partial charge in [-0.05, 0) is 27.2 Å². The lowest BCUT2D eigenvalue weighted by Crippen LogP contribution is -2.35. The molecule has 0 saturated heterocycles. The fourth-order valence-electron chi connectivity index (χ4n) is 1.40. The number of carbonyl (C=O) groups is 2. The first kappa shape index (κ1) is 15.6. The molecular weight excluding hydrogens is 266 g/mol. The van der Waals surface area contributed by atoms with E-state index in [-0.39, 0.29) is 23.2 Å². The number of rotatable bonds is 6. The summed E-state index contributed by atoms with van der Waals surface area (Å²) in [6, 6.07) is -0.300. The van der Waals surface area contributed by atoms with Crippen molar-refractivity contribution in [2.45, 2.75) is 45.2 Å². The van der Waals surface area contributed by atoms with Gasteiger partial charge >= 0.3 is 5.97 Å². The summed E-state index contributed by atoms with van der Waals surface area (Å²) in [4.78, 5) is 26.4. The molecule has 0 fully saturated rings. The number of thiazole rings is 1. The van der Waals surface area contributed by atoms with Gasteiger partial charge in [0.05, 0.1) is 6.04 Å². The van der Waals surface area contributed by atoms with Crippen molar-refractivity contribution in [2.75, 3.05) is 0 Å². The Bertz CT molecular complexity index is 465. The second kappa shape index (κ2) is 6.12. The van der Waals surface area contributed by atoms with E-state index in [1.165, 1.54) is 16.7 Å². The highest BCUT2D eigenvalue weighted by Gasteiger charge is 2.18. The maximum absolute atomic E-state index is 11.7. The highest BCUT2D eigenvalue weighted by molar-refractivity contribution is 7.09. The summed E-state index contributed by atoms with van der Waals surface area (Å²) in [6.45, 7) is 5.50. The van der Waals surface area contributed by atoms with E-state index in [2.05, 4.69) is 10.3 Å². The predicted octanol–water partition coefficient (Wildman–Crippen LogP) is 1.54. The number of amides is 1. The molecule has 0 aromatic carbocycles. The Morgan fingerprint density at radius 3 is 2.68 bits per heavy atom. The number of carbonyl (C=O) groups excluding carboxylic acids is 1. The molecule has 1 aromatic heterocycles. The minimum atomic E-state index is -1.06.